The number of carbonyl (C=O) groups is 2. The second kappa shape index (κ2) is 8.19. The molecule has 5 nitrogen and oxygen atoms in total. The van der Waals surface area contributed by atoms with Gasteiger partial charge in [-0.3, -0.25) is 14.5 Å². The molecule has 1 saturated heterocycles. The van der Waals surface area contributed by atoms with Crippen LogP contribution in [0.15, 0.2) is 54.2 Å². The normalized spacial score (nSPS) is 18.2. The lowest BCUT2D eigenvalue weighted by molar-refractivity contribution is -0.138. The molecule has 0 aromatic heterocycles. The van der Waals surface area contributed by atoms with Gasteiger partial charge in [0.25, 0.3) is 11.8 Å². The largest absolute Gasteiger partial charge is 0.364 e. The van der Waals surface area contributed by atoms with E-state index in [0.29, 0.717) is 40.0 Å². The van der Waals surface area contributed by atoms with Gasteiger partial charge in [0, 0.05) is 36.8 Å². The van der Waals surface area contributed by atoms with Crippen LogP contribution in [0.4, 0.5) is 0 Å². The van der Waals surface area contributed by atoms with Gasteiger partial charge in [-0.05, 0) is 24.7 Å². The number of nitrogens with zero attached hydrogens (tertiary/aromatic N) is 3. The van der Waals surface area contributed by atoms with Crippen molar-refractivity contribution in [1.29, 1.82) is 0 Å². The van der Waals surface area contributed by atoms with Crippen LogP contribution in [-0.2, 0) is 16.1 Å². The van der Waals surface area contributed by atoms with E-state index in [1.165, 1.54) is 4.90 Å². The van der Waals surface area contributed by atoms with Gasteiger partial charge < -0.3 is 9.80 Å². The lowest BCUT2D eigenvalue weighted by atomic mass is 10.0. The summed E-state index contributed by atoms with van der Waals surface area (Å²) >= 11 is 12.5. The molecule has 4 rings (SSSR count). The minimum atomic E-state index is -0.322. The van der Waals surface area contributed by atoms with Crippen LogP contribution in [0.2, 0.25) is 10.0 Å². The smallest absolute Gasteiger partial charge is 0.278 e. The zero-order valence-corrected chi connectivity index (χ0v) is 17.6. The van der Waals surface area contributed by atoms with E-state index in [2.05, 4.69) is 4.90 Å². The monoisotopic (exact) mass is 429 g/mol. The average Bonchev–Trinajstić information content (AvgIpc) is 2.94. The predicted molar refractivity (Wildman–Crippen MR) is 114 cm³/mol. The fourth-order valence-corrected chi connectivity index (χ4v) is 4.23. The number of halogens is 2. The molecule has 7 heteroatoms. The third kappa shape index (κ3) is 3.90. The van der Waals surface area contributed by atoms with E-state index in [1.807, 2.05) is 42.3 Å². The number of amides is 2. The Kier molecular flexibility index (Phi) is 5.63. The summed E-state index contributed by atoms with van der Waals surface area (Å²) in [5, 5.41) is 0.847. The molecule has 150 valence electrons. The maximum absolute atomic E-state index is 13.4. The Morgan fingerprint density at radius 1 is 0.897 bits per heavy atom. The number of imide groups is 1. The Labute approximate surface area is 180 Å². The number of benzene rings is 2. The molecule has 2 aliphatic heterocycles. The maximum atomic E-state index is 13.4. The highest BCUT2D eigenvalue weighted by Gasteiger charge is 2.42. The molecule has 2 aromatic rings. The molecule has 0 unspecified atom stereocenters. The first kappa shape index (κ1) is 20.0. The lowest BCUT2D eigenvalue weighted by Crippen LogP contribution is -2.46. The van der Waals surface area contributed by atoms with Crippen molar-refractivity contribution in [1.82, 2.24) is 14.7 Å². The van der Waals surface area contributed by atoms with E-state index >= 15 is 0 Å². The minimum absolute atomic E-state index is 0.227. The second-order valence-electron chi connectivity index (χ2n) is 7.32. The number of piperazine rings is 1. The van der Waals surface area contributed by atoms with Crippen LogP contribution in [0.3, 0.4) is 0 Å². The number of rotatable bonds is 4. The summed E-state index contributed by atoms with van der Waals surface area (Å²) in [6.07, 6.45) is 0. The molecule has 0 N–H and O–H groups in total. The third-order valence-corrected chi connectivity index (χ3v) is 5.89. The van der Waals surface area contributed by atoms with Gasteiger partial charge in [-0.1, -0.05) is 59.6 Å². The van der Waals surface area contributed by atoms with E-state index < -0.39 is 0 Å². The van der Waals surface area contributed by atoms with Gasteiger partial charge in [0.2, 0.25) is 0 Å². The highest BCUT2D eigenvalue weighted by Crippen LogP contribution is 2.37. The van der Waals surface area contributed by atoms with E-state index in [4.69, 9.17) is 23.2 Å². The Hall–Kier alpha value is -2.34. The molecule has 2 heterocycles. The number of hydrogen-bond donors (Lipinski definition) is 0. The molecule has 29 heavy (non-hydrogen) atoms. The highest BCUT2D eigenvalue weighted by molar-refractivity contribution is 6.41. The van der Waals surface area contributed by atoms with Gasteiger partial charge in [-0.2, -0.15) is 0 Å². The Bertz CT molecular complexity index is 983. The molecular weight excluding hydrogens is 409 g/mol. The SMILES string of the molecule is CN1CCN(C2=C(c3ccc(Cl)cc3Cl)C(=O)N(Cc3ccccc3)C2=O)CC1. The van der Waals surface area contributed by atoms with E-state index in [-0.39, 0.29) is 18.4 Å². The van der Waals surface area contributed by atoms with Gasteiger partial charge in [-0.15, -0.1) is 0 Å². The summed E-state index contributed by atoms with van der Waals surface area (Å²) < 4.78 is 0. The first-order valence-corrected chi connectivity index (χ1v) is 10.2. The van der Waals surface area contributed by atoms with Crippen molar-refractivity contribution in [2.24, 2.45) is 0 Å². The highest BCUT2D eigenvalue weighted by atomic mass is 35.5. The van der Waals surface area contributed by atoms with Crippen molar-refractivity contribution in [2.45, 2.75) is 6.54 Å². The second-order valence-corrected chi connectivity index (χ2v) is 8.16. The van der Waals surface area contributed by atoms with Crippen LogP contribution < -0.4 is 0 Å². The van der Waals surface area contributed by atoms with Crippen LogP contribution in [-0.4, -0.2) is 59.7 Å². The summed E-state index contributed by atoms with van der Waals surface area (Å²) in [4.78, 5) is 32.3. The van der Waals surface area contributed by atoms with E-state index in [0.717, 1.165) is 18.7 Å². The fourth-order valence-electron chi connectivity index (χ4n) is 3.73. The standard InChI is InChI=1S/C22H21Cl2N3O2/c1-25-9-11-26(12-10-25)20-19(17-8-7-16(23)13-18(17)24)21(28)27(22(20)29)14-15-5-3-2-4-6-15/h2-8,13H,9-12,14H2,1H3. The Morgan fingerprint density at radius 2 is 1.59 bits per heavy atom. The molecule has 0 aliphatic carbocycles. The van der Waals surface area contributed by atoms with Crippen LogP contribution in [0.1, 0.15) is 11.1 Å². The van der Waals surface area contributed by atoms with Crippen LogP contribution in [0.5, 0.6) is 0 Å². The lowest BCUT2D eigenvalue weighted by Gasteiger charge is -2.34. The number of likely N-dealkylation sites (N-methyl/N-ethyl adjacent to an activating group) is 1. The summed E-state index contributed by atoms with van der Waals surface area (Å²) in [5.74, 6) is -0.596. The zero-order valence-electron chi connectivity index (χ0n) is 16.1. The predicted octanol–water partition coefficient (Wildman–Crippen LogP) is 3.52. The minimum Gasteiger partial charge on any atom is -0.364 e. The Morgan fingerprint density at radius 3 is 2.24 bits per heavy atom. The van der Waals surface area contributed by atoms with E-state index in [1.54, 1.807) is 18.2 Å². The molecule has 2 aromatic carbocycles. The van der Waals surface area contributed by atoms with Gasteiger partial charge in [0.1, 0.15) is 5.70 Å². The van der Waals surface area contributed by atoms with Gasteiger partial charge >= 0.3 is 0 Å². The van der Waals surface area contributed by atoms with Crippen molar-refractivity contribution in [3.8, 4) is 0 Å². The molecule has 0 atom stereocenters. The summed E-state index contributed by atoms with van der Waals surface area (Å²) in [7, 11) is 2.05. The molecule has 2 amide bonds. The summed E-state index contributed by atoms with van der Waals surface area (Å²) in [6.45, 7) is 3.23. The molecular formula is C22H21Cl2N3O2. The molecule has 0 bridgehead atoms. The van der Waals surface area contributed by atoms with Crippen molar-refractivity contribution in [3.63, 3.8) is 0 Å². The number of carbonyl (C=O) groups excluding carboxylic acids is 2. The quantitative estimate of drug-likeness (QED) is 0.697. The van der Waals surface area contributed by atoms with Gasteiger partial charge in [-0.25, -0.2) is 0 Å². The van der Waals surface area contributed by atoms with Crippen molar-refractivity contribution in [3.05, 3.63) is 75.4 Å². The number of hydrogen-bond acceptors (Lipinski definition) is 4. The molecule has 2 aliphatic rings. The van der Waals surface area contributed by atoms with Crippen LogP contribution in [0, 0.1) is 0 Å². The van der Waals surface area contributed by atoms with Crippen molar-refractivity contribution >= 4 is 40.6 Å². The van der Waals surface area contributed by atoms with Crippen LogP contribution >= 0.6 is 23.2 Å². The van der Waals surface area contributed by atoms with Crippen molar-refractivity contribution in [2.75, 3.05) is 33.2 Å². The average molecular weight is 430 g/mol. The maximum Gasteiger partial charge on any atom is 0.278 e. The summed E-state index contributed by atoms with van der Waals surface area (Å²) in [6, 6.07) is 14.5. The van der Waals surface area contributed by atoms with E-state index in [9.17, 15) is 9.59 Å². The molecule has 0 radical (unpaired) electrons. The van der Waals surface area contributed by atoms with Crippen molar-refractivity contribution < 1.29 is 9.59 Å². The summed E-state index contributed by atoms with van der Waals surface area (Å²) in [5.41, 5.74) is 2.23. The molecule has 0 spiro atoms. The Balaban J connectivity index is 1.76. The topological polar surface area (TPSA) is 43.9 Å². The van der Waals surface area contributed by atoms with Crippen LogP contribution in [0.25, 0.3) is 5.57 Å². The molecule has 1 fully saturated rings. The third-order valence-electron chi connectivity index (χ3n) is 5.35. The van der Waals surface area contributed by atoms with Gasteiger partial charge in [0.05, 0.1) is 17.1 Å². The zero-order chi connectivity index (χ0) is 20.5. The molecule has 0 saturated carbocycles. The van der Waals surface area contributed by atoms with Gasteiger partial charge in [0.15, 0.2) is 0 Å². The fraction of sp³-hybridized carbons (Fsp3) is 0.273. The first-order valence-electron chi connectivity index (χ1n) is 9.49. The first-order chi connectivity index (χ1) is 14.0.